The largest absolute Gasteiger partial charge is 0.494 e. The highest BCUT2D eigenvalue weighted by atomic mass is 16.5. The Labute approximate surface area is 118 Å². The molecule has 0 spiro atoms. The maximum Gasteiger partial charge on any atom is 0.119 e. The highest BCUT2D eigenvalue weighted by molar-refractivity contribution is 5.28. The van der Waals surface area contributed by atoms with Crippen molar-refractivity contribution in [3.8, 4) is 5.75 Å². The van der Waals surface area contributed by atoms with Gasteiger partial charge in [-0.25, -0.2) is 0 Å². The molecule has 0 aromatic heterocycles. The topological polar surface area (TPSA) is 24.5 Å². The summed E-state index contributed by atoms with van der Waals surface area (Å²) in [5, 5.41) is 3.54. The zero-order valence-electron chi connectivity index (χ0n) is 12.9. The fraction of sp³-hybridized carbons (Fsp3) is 0.625. The summed E-state index contributed by atoms with van der Waals surface area (Å²) in [6, 6.07) is 8.86. The summed E-state index contributed by atoms with van der Waals surface area (Å²) < 4.78 is 5.51. The molecule has 0 saturated carbocycles. The Bertz CT molecular complexity index is 356. The molecule has 0 aliphatic carbocycles. The Morgan fingerprint density at radius 2 is 2.00 bits per heavy atom. The predicted octanol–water partition coefficient (Wildman–Crippen LogP) is 2.76. The van der Waals surface area contributed by atoms with Crippen molar-refractivity contribution >= 4 is 0 Å². The third-order valence-electron chi connectivity index (χ3n) is 3.32. The van der Waals surface area contributed by atoms with Gasteiger partial charge >= 0.3 is 0 Å². The van der Waals surface area contributed by atoms with Crippen LogP contribution in [0.3, 0.4) is 0 Å². The van der Waals surface area contributed by atoms with Gasteiger partial charge in [-0.15, -0.1) is 0 Å². The van der Waals surface area contributed by atoms with Crippen LogP contribution < -0.4 is 10.1 Å². The van der Waals surface area contributed by atoms with Gasteiger partial charge in [0.05, 0.1) is 6.61 Å². The van der Waals surface area contributed by atoms with Crippen molar-refractivity contribution in [2.45, 2.75) is 33.4 Å². The van der Waals surface area contributed by atoms with Crippen molar-refractivity contribution in [2.24, 2.45) is 5.92 Å². The molecule has 3 nitrogen and oxygen atoms in total. The molecule has 108 valence electrons. The summed E-state index contributed by atoms with van der Waals surface area (Å²) in [5.41, 5.74) is 1.27. The maximum absolute atomic E-state index is 5.51. The summed E-state index contributed by atoms with van der Waals surface area (Å²) >= 11 is 0. The lowest BCUT2D eigenvalue weighted by molar-refractivity contribution is 0.224. The van der Waals surface area contributed by atoms with Gasteiger partial charge in [0.25, 0.3) is 0 Å². The van der Waals surface area contributed by atoms with Gasteiger partial charge in [0.2, 0.25) is 0 Å². The number of hydrogen-bond donors (Lipinski definition) is 1. The van der Waals surface area contributed by atoms with Gasteiger partial charge in [0, 0.05) is 19.1 Å². The second kappa shape index (κ2) is 8.18. The van der Waals surface area contributed by atoms with Gasteiger partial charge in [0.15, 0.2) is 0 Å². The smallest absolute Gasteiger partial charge is 0.119 e. The van der Waals surface area contributed by atoms with E-state index < -0.39 is 0 Å². The average molecular weight is 264 g/mol. The summed E-state index contributed by atoms with van der Waals surface area (Å²) in [6.45, 7) is 9.15. The predicted molar refractivity (Wildman–Crippen MR) is 81.6 cm³/mol. The van der Waals surface area contributed by atoms with Crippen LogP contribution >= 0.6 is 0 Å². The van der Waals surface area contributed by atoms with Crippen LogP contribution in [0.5, 0.6) is 5.75 Å². The first kappa shape index (κ1) is 16.0. The highest BCUT2D eigenvalue weighted by Gasteiger charge is 2.14. The molecule has 1 aromatic rings. The Balaban J connectivity index is 2.45. The normalized spacial score (nSPS) is 13.0. The van der Waals surface area contributed by atoms with E-state index in [1.54, 1.807) is 0 Å². The quantitative estimate of drug-likeness (QED) is 0.781. The number of ether oxygens (including phenoxy) is 1. The number of nitrogens with one attached hydrogen (secondary N) is 1. The van der Waals surface area contributed by atoms with E-state index in [9.17, 15) is 0 Å². The summed E-state index contributed by atoms with van der Waals surface area (Å²) in [4.78, 5) is 2.29. The summed E-state index contributed by atoms with van der Waals surface area (Å²) in [7, 11) is 4.28. The third kappa shape index (κ3) is 5.62. The van der Waals surface area contributed by atoms with Gasteiger partial charge in [0.1, 0.15) is 5.75 Å². The van der Waals surface area contributed by atoms with Gasteiger partial charge in [-0.2, -0.15) is 0 Å². The number of benzene rings is 1. The molecule has 1 rings (SSSR count). The second-order valence-corrected chi connectivity index (χ2v) is 5.49. The molecule has 3 heteroatoms. The van der Waals surface area contributed by atoms with Crippen molar-refractivity contribution in [3.05, 3.63) is 29.8 Å². The van der Waals surface area contributed by atoms with Crippen molar-refractivity contribution in [3.63, 3.8) is 0 Å². The van der Waals surface area contributed by atoms with E-state index in [0.29, 0.717) is 18.6 Å². The third-order valence-corrected chi connectivity index (χ3v) is 3.32. The fourth-order valence-electron chi connectivity index (χ4n) is 2.29. The molecule has 1 unspecified atom stereocenters. The SMILES string of the molecule is CCOc1cccc(CNCC(C(C)C)N(C)C)c1. The minimum atomic E-state index is 0.565. The molecule has 0 heterocycles. The molecule has 0 aliphatic rings. The lowest BCUT2D eigenvalue weighted by Crippen LogP contribution is -2.41. The average Bonchev–Trinajstić information content (AvgIpc) is 2.34. The zero-order valence-corrected chi connectivity index (χ0v) is 12.9. The minimum absolute atomic E-state index is 0.565. The van der Waals surface area contributed by atoms with Crippen LogP contribution in [0.15, 0.2) is 24.3 Å². The van der Waals surface area contributed by atoms with Gasteiger partial charge in [-0.05, 0) is 44.6 Å². The van der Waals surface area contributed by atoms with E-state index in [0.717, 1.165) is 18.8 Å². The molecular formula is C16H28N2O. The van der Waals surface area contributed by atoms with Gasteiger partial charge < -0.3 is 15.0 Å². The molecule has 0 radical (unpaired) electrons. The Kier molecular flexibility index (Phi) is 6.89. The van der Waals surface area contributed by atoms with Crippen LogP contribution in [0.2, 0.25) is 0 Å². The number of likely N-dealkylation sites (N-methyl/N-ethyl adjacent to an activating group) is 1. The highest BCUT2D eigenvalue weighted by Crippen LogP contribution is 2.13. The van der Waals surface area contributed by atoms with Gasteiger partial charge in [-0.3, -0.25) is 0 Å². The molecule has 0 aliphatic heterocycles. The Morgan fingerprint density at radius 3 is 2.58 bits per heavy atom. The van der Waals surface area contributed by atoms with E-state index >= 15 is 0 Å². The van der Waals surface area contributed by atoms with Crippen LogP contribution in [0.1, 0.15) is 26.3 Å². The first-order valence-electron chi connectivity index (χ1n) is 7.13. The molecule has 0 saturated heterocycles. The molecule has 1 aromatic carbocycles. The van der Waals surface area contributed by atoms with Crippen molar-refractivity contribution in [2.75, 3.05) is 27.2 Å². The lowest BCUT2D eigenvalue weighted by atomic mass is 10.0. The Hall–Kier alpha value is -1.06. The first-order chi connectivity index (χ1) is 9.04. The fourth-order valence-corrected chi connectivity index (χ4v) is 2.29. The van der Waals surface area contributed by atoms with E-state index in [1.807, 2.05) is 19.1 Å². The molecule has 0 bridgehead atoms. The van der Waals surface area contributed by atoms with Crippen molar-refractivity contribution in [1.29, 1.82) is 0 Å². The first-order valence-corrected chi connectivity index (χ1v) is 7.13. The molecule has 19 heavy (non-hydrogen) atoms. The zero-order chi connectivity index (χ0) is 14.3. The molecule has 1 atom stereocenters. The molecular weight excluding hydrogens is 236 g/mol. The summed E-state index contributed by atoms with van der Waals surface area (Å²) in [6.07, 6.45) is 0. The standard InChI is InChI=1S/C16H28N2O/c1-6-19-15-9-7-8-14(10-15)11-17-12-16(13(2)3)18(4)5/h7-10,13,16-17H,6,11-12H2,1-5H3. The van der Waals surface area contributed by atoms with E-state index in [4.69, 9.17) is 4.74 Å². The van der Waals surface area contributed by atoms with E-state index in [2.05, 4.69) is 50.3 Å². The molecule has 0 amide bonds. The van der Waals surface area contributed by atoms with Crippen molar-refractivity contribution < 1.29 is 4.74 Å². The lowest BCUT2D eigenvalue weighted by Gasteiger charge is -2.28. The second-order valence-electron chi connectivity index (χ2n) is 5.49. The molecule has 1 N–H and O–H groups in total. The number of rotatable bonds is 8. The van der Waals surface area contributed by atoms with E-state index in [1.165, 1.54) is 5.56 Å². The van der Waals surface area contributed by atoms with Crippen molar-refractivity contribution in [1.82, 2.24) is 10.2 Å². The van der Waals surface area contributed by atoms with Gasteiger partial charge in [-0.1, -0.05) is 26.0 Å². The number of nitrogens with zero attached hydrogens (tertiary/aromatic N) is 1. The molecule has 0 fully saturated rings. The van der Waals surface area contributed by atoms with Crippen LogP contribution in [0.25, 0.3) is 0 Å². The minimum Gasteiger partial charge on any atom is -0.494 e. The maximum atomic E-state index is 5.51. The van der Waals surface area contributed by atoms with Crippen LogP contribution in [-0.2, 0) is 6.54 Å². The Morgan fingerprint density at radius 1 is 1.26 bits per heavy atom. The summed E-state index contributed by atoms with van der Waals surface area (Å²) in [5.74, 6) is 1.60. The monoisotopic (exact) mass is 264 g/mol. The van der Waals surface area contributed by atoms with Crippen LogP contribution in [0, 0.1) is 5.92 Å². The van der Waals surface area contributed by atoms with E-state index in [-0.39, 0.29) is 0 Å². The van der Waals surface area contributed by atoms with Crippen LogP contribution in [-0.4, -0.2) is 38.2 Å². The number of hydrogen-bond acceptors (Lipinski definition) is 3. The van der Waals surface area contributed by atoms with Crippen LogP contribution in [0.4, 0.5) is 0 Å².